The molecule has 0 saturated heterocycles. The number of hydrogen-bond donors (Lipinski definition) is 2. The quantitative estimate of drug-likeness (QED) is 0.405. The number of halogens is 1. The number of benzene rings is 2. The maximum Gasteiger partial charge on any atom is 0.418 e. The van der Waals surface area contributed by atoms with Gasteiger partial charge in [0.1, 0.15) is 6.61 Å². The zero-order chi connectivity index (χ0) is 26.0. The Hall–Kier alpha value is -2.66. The van der Waals surface area contributed by atoms with Crippen LogP contribution in [-0.2, 0) is 24.4 Å². The Labute approximate surface area is 216 Å². The second-order valence-electron chi connectivity index (χ2n) is 8.76. The Bertz CT molecular complexity index is 1090. The third kappa shape index (κ3) is 9.42. The first kappa shape index (κ1) is 27.9. The van der Waals surface area contributed by atoms with Crippen LogP contribution in [0.4, 0.5) is 16.2 Å². The van der Waals surface area contributed by atoms with Crippen molar-refractivity contribution in [2.75, 3.05) is 37.0 Å². The summed E-state index contributed by atoms with van der Waals surface area (Å²) in [7, 11) is -4.10. The molecule has 3 rings (SSSR count). The number of para-hydroxylation sites is 1. The fourth-order valence-corrected chi connectivity index (χ4v) is 4.52. The topological polar surface area (TPSA) is 122 Å². The van der Waals surface area contributed by atoms with Crippen LogP contribution in [0, 0.1) is 11.8 Å². The van der Waals surface area contributed by atoms with E-state index in [-0.39, 0.29) is 19.1 Å². The van der Waals surface area contributed by atoms with Gasteiger partial charge in [-0.05, 0) is 73.9 Å². The van der Waals surface area contributed by atoms with Crippen molar-refractivity contribution in [3.05, 3.63) is 59.6 Å². The third-order valence-electron chi connectivity index (χ3n) is 5.96. The van der Waals surface area contributed by atoms with E-state index >= 15 is 0 Å². The molecule has 196 valence electrons. The first-order valence-corrected chi connectivity index (χ1v) is 13.8. The van der Waals surface area contributed by atoms with E-state index in [1.807, 2.05) is 30.3 Å². The van der Waals surface area contributed by atoms with Gasteiger partial charge in [-0.2, -0.15) is 8.42 Å². The third-order valence-corrected chi connectivity index (χ3v) is 6.93. The lowest BCUT2D eigenvalue weighted by Crippen LogP contribution is -2.33. The number of carbonyl (C=O) groups is 2. The molecule has 0 aliphatic heterocycles. The number of carbonyl (C=O) groups excluding carboxylic acids is 2. The maximum atomic E-state index is 13.0. The van der Waals surface area contributed by atoms with Crippen molar-refractivity contribution in [2.45, 2.75) is 25.7 Å². The van der Waals surface area contributed by atoms with Gasteiger partial charge in [0.2, 0.25) is 5.91 Å². The molecule has 0 atom stereocenters. The Morgan fingerprint density at radius 3 is 2.14 bits per heavy atom. The van der Waals surface area contributed by atoms with Gasteiger partial charge in [0.25, 0.3) is 10.1 Å². The van der Waals surface area contributed by atoms with Crippen LogP contribution >= 0.6 is 11.6 Å². The van der Waals surface area contributed by atoms with E-state index < -0.39 is 27.9 Å². The summed E-state index contributed by atoms with van der Waals surface area (Å²) in [5.74, 6) is -0.409. The van der Waals surface area contributed by atoms with Crippen molar-refractivity contribution < 1.29 is 32.0 Å². The van der Waals surface area contributed by atoms with Gasteiger partial charge in [0.05, 0.1) is 30.3 Å². The van der Waals surface area contributed by atoms with Gasteiger partial charge >= 0.3 is 6.09 Å². The molecule has 1 aliphatic rings. The summed E-state index contributed by atoms with van der Waals surface area (Å²) in [4.78, 5) is 26.2. The molecule has 0 unspecified atom stereocenters. The molecule has 0 spiro atoms. The molecule has 2 aromatic carbocycles. The molecule has 11 heteroatoms. The molecule has 0 aromatic heterocycles. The fraction of sp³-hybridized carbons (Fsp3) is 0.440. The summed E-state index contributed by atoms with van der Waals surface area (Å²) in [6, 6.07) is 16.3. The van der Waals surface area contributed by atoms with Crippen molar-refractivity contribution in [1.29, 1.82) is 0 Å². The minimum atomic E-state index is -4.10. The Balaban J connectivity index is 1.40. The van der Waals surface area contributed by atoms with Crippen LogP contribution in [0.25, 0.3) is 0 Å². The molecule has 36 heavy (non-hydrogen) atoms. The summed E-state index contributed by atoms with van der Waals surface area (Å²) in [6.45, 7) is 0.420. The molecule has 2 N–H and O–H groups in total. The Morgan fingerprint density at radius 2 is 1.53 bits per heavy atom. The molecular formula is C25H31ClN2O7S. The van der Waals surface area contributed by atoms with E-state index in [1.54, 1.807) is 24.3 Å². The van der Waals surface area contributed by atoms with Gasteiger partial charge in [-0.15, -0.1) is 0 Å². The highest BCUT2D eigenvalue weighted by atomic mass is 35.5. The molecule has 1 fully saturated rings. The van der Waals surface area contributed by atoms with Crippen molar-refractivity contribution in [2.24, 2.45) is 11.8 Å². The number of amides is 2. The van der Waals surface area contributed by atoms with E-state index in [0.717, 1.165) is 25.7 Å². The van der Waals surface area contributed by atoms with Crippen molar-refractivity contribution in [3.63, 3.8) is 0 Å². The largest absolute Gasteiger partial charge is 0.449 e. The second kappa shape index (κ2) is 13.6. The molecule has 1 saturated carbocycles. The zero-order valence-electron chi connectivity index (χ0n) is 19.8. The van der Waals surface area contributed by atoms with Crippen molar-refractivity contribution in [1.82, 2.24) is 5.32 Å². The summed E-state index contributed by atoms with van der Waals surface area (Å²) >= 11 is 6.01. The highest BCUT2D eigenvalue weighted by Gasteiger charge is 2.25. The van der Waals surface area contributed by atoms with Gasteiger partial charge in [-0.1, -0.05) is 29.8 Å². The van der Waals surface area contributed by atoms with Gasteiger partial charge in [-0.25, -0.2) is 9.69 Å². The number of ether oxygens (including phenoxy) is 2. The summed E-state index contributed by atoms with van der Waals surface area (Å²) in [5.41, 5.74) is 1.37. The molecular weight excluding hydrogens is 508 g/mol. The lowest BCUT2D eigenvalue weighted by atomic mass is 9.83. The molecule has 9 nitrogen and oxygen atoms in total. The summed E-state index contributed by atoms with van der Waals surface area (Å²) in [5, 5.41) is 2.97. The monoisotopic (exact) mass is 538 g/mol. The van der Waals surface area contributed by atoms with Crippen LogP contribution in [0.5, 0.6) is 0 Å². The lowest BCUT2D eigenvalue weighted by Gasteiger charge is -2.29. The molecule has 2 aromatic rings. The highest BCUT2D eigenvalue weighted by Crippen LogP contribution is 2.31. The van der Waals surface area contributed by atoms with E-state index in [2.05, 4.69) is 5.32 Å². The van der Waals surface area contributed by atoms with E-state index in [1.165, 1.54) is 4.90 Å². The lowest BCUT2D eigenvalue weighted by molar-refractivity contribution is -0.126. The van der Waals surface area contributed by atoms with Crippen molar-refractivity contribution in [3.8, 4) is 0 Å². The molecule has 0 heterocycles. The predicted molar refractivity (Wildman–Crippen MR) is 137 cm³/mol. The van der Waals surface area contributed by atoms with Gasteiger partial charge in [0, 0.05) is 11.6 Å². The zero-order valence-corrected chi connectivity index (χ0v) is 21.4. The van der Waals surface area contributed by atoms with Crippen LogP contribution in [-0.4, -0.2) is 57.1 Å². The SMILES string of the molecule is O=C(COC[C@H]1CC[C@@H](COC(=O)N(c2ccccc2)c2ccc(Cl)cc2)CC1)NCCS(=O)(=O)O. The van der Waals surface area contributed by atoms with E-state index in [0.29, 0.717) is 35.5 Å². The number of hydrogen-bond acceptors (Lipinski definition) is 6. The van der Waals surface area contributed by atoms with E-state index in [4.69, 9.17) is 25.6 Å². The van der Waals surface area contributed by atoms with Crippen LogP contribution in [0.1, 0.15) is 25.7 Å². The Kier molecular flexibility index (Phi) is 10.5. The maximum absolute atomic E-state index is 13.0. The molecule has 1 aliphatic carbocycles. The first-order valence-electron chi connectivity index (χ1n) is 11.8. The van der Waals surface area contributed by atoms with Crippen LogP contribution in [0.15, 0.2) is 54.6 Å². The fourth-order valence-electron chi connectivity index (χ4n) is 4.03. The second-order valence-corrected chi connectivity index (χ2v) is 10.8. The van der Waals surface area contributed by atoms with Gasteiger partial charge < -0.3 is 14.8 Å². The summed E-state index contributed by atoms with van der Waals surface area (Å²) < 4.78 is 41.1. The molecule has 0 radical (unpaired) electrons. The molecule has 2 amide bonds. The molecule has 0 bridgehead atoms. The normalized spacial score (nSPS) is 17.8. The Morgan fingerprint density at radius 1 is 0.944 bits per heavy atom. The van der Waals surface area contributed by atoms with Crippen LogP contribution in [0.2, 0.25) is 5.02 Å². The standard InChI is InChI=1S/C25H31ClN2O7S/c26-21-10-12-23(13-11-21)28(22-4-2-1-3-5-22)25(30)35-17-20-8-6-19(7-9-20)16-34-18-24(29)27-14-15-36(31,32)33/h1-5,10-13,19-20H,6-9,14-18H2,(H,27,29)(H,31,32,33)/t19-,20+. The van der Waals surface area contributed by atoms with Crippen molar-refractivity contribution >= 4 is 45.1 Å². The number of anilines is 2. The minimum Gasteiger partial charge on any atom is -0.449 e. The number of rotatable bonds is 11. The van der Waals surface area contributed by atoms with Crippen LogP contribution < -0.4 is 10.2 Å². The summed E-state index contributed by atoms with van der Waals surface area (Å²) in [6.07, 6.45) is 3.11. The number of nitrogens with zero attached hydrogens (tertiary/aromatic N) is 1. The highest BCUT2D eigenvalue weighted by molar-refractivity contribution is 7.85. The smallest absolute Gasteiger partial charge is 0.418 e. The number of nitrogens with one attached hydrogen (secondary N) is 1. The van der Waals surface area contributed by atoms with Gasteiger partial charge in [0.15, 0.2) is 0 Å². The average molecular weight is 539 g/mol. The minimum absolute atomic E-state index is 0.162. The van der Waals surface area contributed by atoms with E-state index in [9.17, 15) is 18.0 Å². The van der Waals surface area contributed by atoms with Crippen LogP contribution in [0.3, 0.4) is 0 Å². The predicted octanol–water partition coefficient (Wildman–Crippen LogP) is 4.44. The van der Waals surface area contributed by atoms with Gasteiger partial charge in [-0.3, -0.25) is 9.35 Å². The first-order chi connectivity index (χ1) is 17.2. The average Bonchev–Trinajstić information content (AvgIpc) is 2.85.